The van der Waals surface area contributed by atoms with Crippen molar-refractivity contribution in [2.45, 2.75) is 12.8 Å². The van der Waals surface area contributed by atoms with E-state index in [1.807, 2.05) is 0 Å². The van der Waals surface area contributed by atoms with Crippen LogP contribution in [0.4, 0.5) is 9.93 Å². The van der Waals surface area contributed by atoms with Gasteiger partial charge in [-0.25, -0.2) is 9.78 Å². The molecule has 0 aliphatic rings. The fourth-order valence-electron chi connectivity index (χ4n) is 2.29. The molecule has 0 unspecified atom stereocenters. The van der Waals surface area contributed by atoms with E-state index in [0.29, 0.717) is 29.5 Å². The third-order valence-electron chi connectivity index (χ3n) is 3.57. The van der Waals surface area contributed by atoms with Gasteiger partial charge in [-0.05, 0) is 25.0 Å². The first-order chi connectivity index (χ1) is 12.5. The highest BCUT2D eigenvalue weighted by molar-refractivity contribution is 7.14. The average molecular weight is 381 g/mol. The number of carbonyl (C=O) groups excluding carboxylic acids is 1. The third-order valence-corrected chi connectivity index (χ3v) is 4.33. The summed E-state index contributed by atoms with van der Waals surface area (Å²) in [6.07, 6.45) is 1.65. The molecule has 0 fully saturated rings. The van der Waals surface area contributed by atoms with Crippen molar-refractivity contribution >= 4 is 22.5 Å². The molecule has 1 aromatic heterocycles. The molecule has 2 rings (SSSR count). The van der Waals surface area contributed by atoms with Gasteiger partial charge in [0.05, 0.1) is 5.69 Å². The zero-order valence-corrected chi connectivity index (χ0v) is 15.6. The lowest BCUT2D eigenvalue weighted by Crippen LogP contribution is -2.37. The van der Waals surface area contributed by atoms with Gasteiger partial charge in [0.2, 0.25) is 0 Å². The van der Waals surface area contributed by atoms with Crippen LogP contribution in [0.1, 0.15) is 12.8 Å². The van der Waals surface area contributed by atoms with Gasteiger partial charge >= 0.3 is 6.03 Å². The van der Waals surface area contributed by atoms with Crippen molar-refractivity contribution in [1.29, 1.82) is 0 Å². The first kappa shape index (κ1) is 20.0. The van der Waals surface area contributed by atoms with Crippen molar-refractivity contribution in [1.82, 2.24) is 9.88 Å². The van der Waals surface area contributed by atoms with Crippen molar-refractivity contribution in [2.24, 2.45) is 0 Å². The Kier molecular flexibility index (Phi) is 7.64. The highest BCUT2D eigenvalue weighted by atomic mass is 32.1. The second-order valence-corrected chi connectivity index (χ2v) is 6.41. The van der Waals surface area contributed by atoms with E-state index < -0.39 is 0 Å². The molecule has 0 saturated carbocycles. The van der Waals surface area contributed by atoms with Crippen LogP contribution in [0.25, 0.3) is 11.3 Å². The Bertz CT molecular complexity index is 722. The first-order valence-corrected chi connectivity index (χ1v) is 8.94. The molecule has 2 aromatic rings. The molecular weight excluding hydrogens is 358 g/mol. The Hall–Kier alpha value is -2.36. The largest absolute Gasteiger partial charge is 0.508 e. The molecule has 0 radical (unpaired) electrons. The predicted molar refractivity (Wildman–Crippen MR) is 99.6 cm³/mol. The maximum absolute atomic E-state index is 12.4. The number of phenols is 2. The molecule has 8 nitrogen and oxygen atoms in total. The van der Waals surface area contributed by atoms with Crippen molar-refractivity contribution in [3.8, 4) is 22.8 Å². The number of amides is 2. The molecule has 1 aromatic carbocycles. The van der Waals surface area contributed by atoms with E-state index in [9.17, 15) is 15.0 Å². The number of thiazole rings is 1. The monoisotopic (exact) mass is 381 g/mol. The van der Waals surface area contributed by atoms with Crippen LogP contribution in [0.5, 0.6) is 11.5 Å². The van der Waals surface area contributed by atoms with Gasteiger partial charge in [0, 0.05) is 44.4 Å². The number of nitrogens with one attached hydrogen (secondary N) is 1. The summed E-state index contributed by atoms with van der Waals surface area (Å²) in [5.74, 6) is -0.106. The van der Waals surface area contributed by atoms with Gasteiger partial charge in [-0.3, -0.25) is 5.32 Å². The number of methoxy groups -OCH3 is 2. The number of carbonyl (C=O) groups is 1. The zero-order valence-electron chi connectivity index (χ0n) is 14.8. The maximum atomic E-state index is 12.4. The average Bonchev–Trinajstić information content (AvgIpc) is 3.05. The van der Waals surface area contributed by atoms with Gasteiger partial charge in [0.1, 0.15) is 18.2 Å². The van der Waals surface area contributed by atoms with Crippen molar-refractivity contribution in [3.05, 3.63) is 23.6 Å². The normalized spacial score (nSPS) is 10.7. The number of rotatable bonds is 9. The summed E-state index contributed by atoms with van der Waals surface area (Å²) in [6, 6.07) is 3.97. The van der Waals surface area contributed by atoms with Gasteiger partial charge < -0.3 is 24.6 Å². The molecule has 142 valence electrons. The Morgan fingerprint density at radius 1 is 1.27 bits per heavy atom. The van der Waals surface area contributed by atoms with Crippen LogP contribution in [0, 0.1) is 0 Å². The number of aromatic nitrogens is 1. The minimum atomic E-state index is -0.305. The Morgan fingerprint density at radius 3 is 2.77 bits per heavy atom. The Balaban J connectivity index is 2.00. The minimum absolute atomic E-state index is 0.0290. The van der Waals surface area contributed by atoms with Gasteiger partial charge in [-0.1, -0.05) is 0 Å². The number of aromatic hydroxyl groups is 2. The number of nitrogens with zero attached hydrogens (tertiary/aromatic N) is 2. The lowest BCUT2D eigenvalue weighted by atomic mass is 10.1. The number of benzene rings is 1. The molecule has 26 heavy (non-hydrogen) atoms. The molecule has 0 atom stereocenters. The third kappa shape index (κ3) is 5.58. The topological polar surface area (TPSA) is 104 Å². The highest BCUT2D eigenvalue weighted by Gasteiger charge is 2.16. The number of hydrogen-bond donors (Lipinski definition) is 3. The first-order valence-electron chi connectivity index (χ1n) is 8.06. The van der Waals surface area contributed by atoms with E-state index in [1.165, 1.54) is 30.6 Å². The quantitative estimate of drug-likeness (QED) is 0.455. The van der Waals surface area contributed by atoms with Crippen LogP contribution < -0.4 is 5.32 Å². The summed E-state index contributed by atoms with van der Waals surface area (Å²) in [5.41, 5.74) is 0.994. The van der Waals surface area contributed by atoms with Gasteiger partial charge in [0.25, 0.3) is 0 Å². The van der Waals surface area contributed by atoms with E-state index >= 15 is 0 Å². The van der Waals surface area contributed by atoms with Gasteiger partial charge in [-0.15, -0.1) is 11.3 Å². The fourth-order valence-corrected chi connectivity index (χ4v) is 2.99. The van der Waals surface area contributed by atoms with Crippen LogP contribution >= 0.6 is 11.3 Å². The van der Waals surface area contributed by atoms with E-state index in [4.69, 9.17) is 9.47 Å². The van der Waals surface area contributed by atoms with E-state index in [0.717, 1.165) is 12.8 Å². The van der Waals surface area contributed by atoms with Crippen molar-refractivity contribution in [2.75, 3.05) is 39.4 Å². The summed E-state index contributed by atoms with van der Waals surface area (Å²) in [5, 5.41) is 24.2. The van der Waals surface area contributed by atoms with Gasteiger partial charge in [0.15, 0.2) is 5.13 Å². The number of anilines is 1. The lowest BCUT2D eigenvalue weighted by Gasteiger charge is -2.21. The Morgan fingerprint density at radius 2 is 2.08 bits per heavy atom. The summed E-state index contributed by atoms with van der Waals surface area (Å²) >= 11 is 1.25. The predicted octanol–water partition coefficient (Wildman–Crippen LogP) is 3.09. The maximum Gasteiger partial charge on any atom is 0.325 e. The van der Waals surface area contributed by atoms with Crippen LogP contribution in [0.2, 0.25) is 0 Å². The number of hydrogen-bond acceptors (Lipinski definition) is 7. The molecule has 0 bridgehead atoms. The fraction of sp³-hybridized carbons (Fsp3) is 0.412. The van der Waals surface area contributed by atoms with E-state index in [1.54, 1.807) is 23.5 Å². The summed E-state index contributed by atoms with van der Waals surface area (Å²) in [4.78, 5) is 18.3. The SMILES string of the molecule is COCCCCN(COC)C(=O)Nc1nc(-c2ccc(O)cc2O)cs1. The molecule has 0 aliphatic carbocycles. The standard InChI is InChI=1S/C17H23N3O5S/c1-24-8-4-3-7-20(11-25-2)17(23)19-16-18-14(10-26-16)13-6-5-12(21)9-15(13)22/h5-6,9-10,21-22H,3-4,7-8,11H2,1-2H3,(H,18,19,23). The van der Waals surface area contributed by atoms with Crippen LogP contribution in [0.3, 0.4) is 0 Å². The molecule has 1 heterocycles. The van der Waals surface area contributed by atoms with Crippen molar-refractivity contribution < 1.29 is 24.5 Å². The molecule has 2 amide bonds. The molecule has 0 saturated heterocycles. The molecule has 9 heteroatoms. The zero-order chi connectivity index (χ0) is 18.9. The van der Waals surface area contributed by atoms with Crippen molar-refractivity contribution in [3.63, 3.8) is 0 Å². The van der Waals surface area contributed by atoms with E-state index in [-0.39, 0.29) is 24.3 Å². The number of unbranched alkanes of at least 4 members (excludes halogenated alkanes) is 1. The Labute approximate surface area is 156 Å². The highest BCUT2D eigenvalue weighted by Crippen LogP contribution is 2.33. The smallest absolute Gasteiger partial charge is 0.325 e. The second kappa shape index (κ2) is 9.95. The second-order valence-electron chi connectivity index (χ2n) is 5.55. The van der Waals surface area contributed by atoms with Crippen LogP contribution in [-0.2, 0) is 9.47 Å². The van der Waals surface area contributed by atoms with Gasteiger partial charge in [-0.2, -0.15) is 0 Å². The molecule has 0 spiro atoms. The van der Waals surface area contributed by atoms with Crippen LogP contribution in [0.15, 0.2) is 23.6 Å². The summed E-state index contributed by atoms with van der Waals surface area (Å²) in [7, 11) is 3.18. The summed E-state index contributed by atoms with van der Waals surface area (Å²) in [6.45, 7) is 1.37. The molecular formula is C17H23N3O5S. The van der Waals surface area contributed by atoms with Crippen LogP contribution in [-0.4, -0.2) is 60.2 Å². The number of phenolic OH excluding ortho intramolecular Hbond substituents is 2. The molecule has 0 aliphatic heterocycles. The number of urea groups is 1. The number of ether oxygens (including phenoxy) is 2. The minimum Gasteiger partial charge on any atom is -0.508 e. The van der Waals surface area contributed by atoms with E-state index in [2.05, 4.69) is 10.3 Å². The lowest BCUT2D eigenvalue weighted by molar-refractivity contribution is 0.0851. The summed E-state index contributed by atoms with van der Waals surface area (Å²) < 4.78 is 10.1. The molecule has 3 N–H and O–H groups in total.